The molecule has 5 nitrogen and oxygen atoms in total. The van der Waals surface area contributed by atoms with Gasteiger partial charge in [-0.2, -0.15) is 0 Å². The van der Waals surface area contributed by atoms with Gasteiger partial charge in [-0.15, -0.1) is 0 Å². The van der Waals surface area contributed by atoms with Crippen LogP contribution in [0.5, 0.6) is 0 Å². The summed E-state index contributed by atoms with van der Waals surface area (Å²) in [6.45, 7) is 7.93. The highest BCUT2D eigenvalue weighted by molar-refractivity contribution is 5.75. The van der Waals surface area contributed by atoms with Crippen molar-refractivity contribution in [1.82, 2.24) is 15.1 Å². The Kier molecular flexibility index (Phi) is 7.23. The second-order valence-electron chi connectivity index (χ2n) is 4.98. The third-order valence-electron chi connectivity index (χ3n) is 3.29. The van der Waals surface area contributed by atoms with Crippen LogP contribution in [0.4, 0.5) is 0 Å². The number of ether oxygens (including phenoxy) is 1. The molecule has 18 heavy (non-hydrogen) atoms. The zero-order chi connectivity index (χ0) is 13.4. The first-order valence-electron chi connectivity index (χ1n) is 6.88. The van der Waals surface area contributed by atoms with E-state index in [1.165, 1.54) is 0 Å². The number of morpholine rings is 1. The third-order valence-corrected chi connectivity index (χ3v) is 3.29. The average Bonchev–Trinajstić information content (AvgIpc) is 2.38. The summed E-state index contributed by atoms with van der Waals surface area (Å²) in [5.74, 6) is 0.197. The summed E-state index contributed by atoms with van der Waals surface area (Å²) in [5, 5.41) is 3.37. The van der Waals surface area contributed by atoms with Crippen molar-refractivity contribution in [2.75, 3.05) is 53.4 Å². The molecule has 1 atom stereocenters. The second-order valence-corrected chi connectivity index (χ2v) is 4.98. The van der Waals surface area contributed by atoms with Gasteiger partial charge in [0, 0.05) is 40.2 Å². The van der Waals surface area contributed by atoms with Gasteiger partial charge in [-0.3, -0.25) is 9.69 Å². The minimum atomic E-state index is 0.197. The zero-order valence-electron chi connectivity index (χ0n) is 11.9. The number of nitrogens with zero attached hydrogens (tertiary/aromatic N) is 2. The number of rotatable bonds is 7. The predicted molar refractivity (Wildman–Crippen MR) is 72.7 cm³/mol. The molecule has 1 fully saturated rings. The third kappa shape index (κ3) is 5.80. The van der Waals surface area contributed by atoms with Crippen LogP contribution < -0.4 is 5.32 Å². The lowest BCUT2D eigenvalue weighted by Crippen LogP contribution is -2.46. The lowest BCUT2D eigenvalue weighted by atomic mass is 10.2. The molecule has 1 rings (SSSR count). The Bertz CT molecular complexity index is 246. The maximum absolute atomic E-state index is 11.4. The van der Waals surface area contributed by atoms with Gasteiger partial charge in [0.25, 0.3) is 0 Å². The van der Waals surface area contributed by atoms with Crippen molar-refractivity contribution in [3.05, 3.63) is 0 Å². The summed E-state index contributed by atoms with van der Waals surface area (Å²) in [6, 6.07) is 0. The van der Waals surface area contributed by atoms with Crippen molar-refractivity contribution < 1.29 is 9.53 Å². The van der Waals surface area contributed by atoms with Crippen LogP contribution in [-0.2, 0) is 9.53 Å². The van der Waals surface area contributed by atoms with Crippen molar-refractivity contribution in [3.8, 4) is 0 Å². The number of likely N-dealkylation sites (N-methyl/N-ethyl adjacent to an activating group) is 1. The van der Waals surface area contributed by atoms with Gasteiger partial charge in [0.2, 0.25) is 5.91 Å². The van der Waals surface area contributed by atoms with Crippen molar-refractivity contribution >= 4 is 5.91 Å². The van der Waals surface area contributed by atoms with Gasteiger partial charge in [0.15, 0.2) is 0 Å². The van der Waals surface area contributed by atoms with E-state index in [0.29, 0.717) is 12.5 Å². The Balaban J connectivity index is 2.02. The van der Waals surface area contributed by atoms with Crippen LogP contribution in [0, 0.1) is 0 Å². The molecule has 0 aromatic carbocycles. The largest absolute Gasteiger partial charge is 0.374 e. The van der Waals surface area contributed by atoms with Gasteiger partial charge in [-0.25, -0.2) is 0 Å². The van der Waals surface area contributed by atoms with Crippen LogP contribution in [0.25, 0.3) is 0 Å². The van der Waals surface area contributed by atoms with E-state index >= 15 is 0 Å². The Labute approximate surface area is 110 Å². The van der Waals surface area contributed by atoms with Crippen LogP contribution in [0.15, 0.2) is 0 Å². The standard InChI is InChI=1S/C13H27N3O2/c1-4-16-8-9-18-12(11-16)10-14-7-5-6-13(17)15(2)3/h12,14H,4-11H2,1-3H3. The molecule has 0 aromatic rings. The van der Waals surface area contributed by atoms with Crippen LogP contribution in [0.2, 0.25) is 0 Å². The Morgan fingerprint density at radius 3 is 2.94 bits per heavy atom. The summed E-state index contributed by atoms with van der Waals surface area (Å²) in [4.78, 5) is 15.4. The second kappa shape index (κ2) is 8.45. The van der Waals surface area contributed by atoms with Crippen LogP contribution >= 0.6 is 0 Å². The smallest absolute Gasteiger partial charge is 0.222 e. The van der Waals surface area contributed by atoms with Crippen molar-refractivity contribution in [2.45, 2.75) is 25.9 Å². The highest BCUT2D eigenvalue weighted by Crippen LogP contribution is 2.03. The topological polar surface area (TPSA) is 44.8 Å². The SMILES string of the molecule is CCN1CCOC(CNCCCC(=O)N(C)C)C1. The van der Waals surface area contributed by atoms with E-state index < -0.39 is 0 Å². The van der Waals surface area contributed by atoms with Gasteiger partial charge in [0.05, 0.1) is 12.7 Å². The highest BCUT2D eigenvalue weighted by Gasteiger charge is 2.18. The minimum absolute atomic E-state index is 0.197. The van der Waals surface area contributed by atoms with E-state index in [-0.39, 0.29) is 5.91 Å². The Hall–Kier alpha value is -0.650. The van der Waals surface area contributed by atoms with Gasteiger partial charge in [-0.05, 0) is 19.5 Å². The Morgan fingerprint density at radius 2 is 2.28 bits per heavy atom. The minimum Gasteiger partial charge on any atom is -0.374 e. The van der Waals surface area contributed by atoms with Crippen LogP contribution in [-0.4, -0.2) is 75.2 Å². The molecule has 0 bridgehead atoms. The quantitative estimate of drug-likeness (QED) is 0.660. The molecule has 1 amide bonds. The van der Waals surface area contributed by atoms with E-state index in [0.717, 1.165) is 45.8 Å². The molecule has 1 unspecified atom stereocenters. The Morgan fingerprint density at radius 1 is 1.50 bits per heavy atom. The van der Waals surface area contributed by atoms with Crippen molar-refractivity contribution in [1.29, 1.82) is 0 Å². The van der Waals surface area contributed by atoms with E-state index in [2.05, 4.69) is 17.1 Å². The molecule has 1 heterocycles. The van der Waals surface area contributed by atoms with Gasteiger partial charge < -0.3 is 15.0 Å². The first-order valence-corrected chi connectivity index (χ1v) is 6.88. The molecule has 0 spiro atoms. The molecule has 5 heteroatoms. The van der Waals surface area contributed by atoms with E-state index in [1.54, 1.807) is 19.0 Å². The van der Waals surface area contributed by atoms with Gasteiger partial charge in [0.1, 0.15) is 0 Å². The molecular weight excluding hydrogens is 230 g/mol. The first-order chi connectivity index (χ1) is 8.63. The number of hydrogen-bond acceptors (Lipinski definition) is 4. The monoisotopic (exact) mass is 257 g/mol. The van der Waals surface area contributed by atoms with Gasteiger partial charge >= 0.3 is 0 Å². The average molecular weight is 257 g/mol. The first kappa shape index (κ1) is 15.4. The van der Waals surface area contributed by atoms with Crippen molar-refractivity contribution in [3.63, 3.8) is 0 Å². The molecule has 1 saturated heterocycles. The van der Waals surface area contributed by atoms with Crippen LogP contribution in [0.1, 0.15) is 19.8 Å². The van der Waals surface area contributed by atoms with E-state index in [9.17, 15) is 4.79 Å². The lowest BCUT2D eigenvalue weighted by molar-refractivity contribution is -0.128. The number of carbonyl (C=O) groups is 1. The summed E-state index contributed by atoms with van der Waals surface area (Å²) in [7, 11) is 3.59. The molecule has 0 aromatic heterocycles. The number of nitrogens with one attached hydrogen (secondary N) is 1. The highest BCUT2D eigenvalue weighted by atomic mass is 16.5. The normalized spacial score (nSPS) is 20.9. The van der Waals surface area contributed by atoms with Crippen LogP contribution in [0.3, 0.4) is 0 Å². The summed E-state index contributed by atoms with van der Waals surface area (Å²) in [6.07, 6.45) is 1.80. The van der Waals surface area contributed by atoms with Crippen molar-refractivity contribution in [2.24, 2.45) is 0 Å². The zero-order valence-corrected chi connectivity index (χ0v) is 11.9. The van der Waals surface area contributed by atoms with E-state index in [4.69, 9.17) is 4.74 Å². The molecular formula is C13H27N3O2. The summed E-state index contributed by atoms with van der Waals surface area (Å²) in [5.41, 5.74) is 0. The lowest BCUT2D eigenvalue weighted by Gasteiger charge is -2.32. The number of amides is 1. The fraction of sp³-hybridized carbons (Fsp3) is 0.923. The maximum Gasteiger partial charge on any atom is 0.222 e. The predicted octanol–water partition coefficient (Wildman–Crippen LogP) is 0.165. The number of hydrogen-bond donors (Lipinski definition) is 1. The summed E-state index contributed by atoms with van der Waals surface area (Å²) < 4.78 is 5.70. The molecule has 106 valence electrons. The molecule has 1 aliphatic rings. The summed E-state index contributed by atoms with van der Waals surface area (Å²) >= 11 is 0. The molecule has 1 N–H and O–H groups in total. The fourth-order valence-corrected chi connectivity index (χ4v) is 2.04. The number of carbonyl (C=O) groups excluding carboxylic acids is 1. The van der Waals surface area contributed by atoms with E-state index in [1.807, 2.05) is 0 Å². The molecule has 1 aliphatic heterocycles. The van der Waals surface area contributed by atoms with Gasteiger partial charge in [-0.1, -0.05) is 6.92 Å². The maximum atomic E-state index is 11.4. The fourth-order valence-electron chi connectivity index (χ4n) is 2.04. The molecule has 0 radical (unpaired) electrons. The molecule has 0 aliphatic carbocycles. The molecule has 0 saturated carbocycles.